The summed E-state index contributed by atoms with van der Waals surface area (Å²) in [6.07, 6.45) is 5.18. The predicted octanol–water partition coefficient (Wildman–Crippen LogP) is 4.26. The lowest BCUT2D eigenvalue weighted by molar-refractivity contribution is 0.0637. The van der Waals surface area contributed by atoms with Crippen molar-refractivity contribution in [2.24, 2.45) is 5.92 Å². The summed E-state index contributed by atoms with van der Waals surface area (Å²) in [7, 11) is 0. The Morgan fingerprint density at radius 3 is 2.39 bits per heavy atom. The van der Waals surface area contributed by atoms with Crippen molar-refractivity contribution in [3.8, 4) is 5.69 Å². The van der Waals surface area contributed by atoms with Crippen LogP contribution in [-0.4, -0.2) is 39.5 Å². The number of halogens is 1. The highest BCUT2D eigenvalue weighted by molar-refractivity contribution is 6.30. The van der Waals surface area contributed by atoms with Crippen LogP contribution < -0.4 is 0 Å². The van der Waals surface area contributed by atoms with Crippen LogP contribution in [0.25, 0.3) is 5.69 Å². The molecule has 1 unspecified atom stereocenters. The van der Waals surface area contributed by atoms with Gasteiger partial charge in [0.15, 0.2) is 5.78 Å². The lowest BCUT2D eigenvalue weighted by Gasteiger charge is -2.32. The number of benzene rings is 2. The van der Waals surface area contributed by atoms with Gasteiger partial charge in [-0.1, -0.05) is 11.6 Å². The Morgan fingerprint density at radius 1 is 1.00 bits per heavy atom. The number of carbonyl (C=O) groups excluding carboxylic acids is 2. The number of hydrogen-bond acceptors (Lipinski definition) is 3. The molecular weight excluding hydrogens is 374 g/mol. The summed E-state index contributed by atoms with van der Waals surface area (Å²) in [5.41, 5.74) is 2.17. The second-order valence-corrected chi connectivity index (χ2v) is 7.40. The average Bonchev–Trinajstić information content (AvgIpc) is 3.28. The van der Waals surface area contributed by atoms with E-state index in [1.807, 2.05) is 36.5 Å². The maximum absolute atomic E-state index is 12.9. The third-order valence-corrected chi connectivity index (χ3v) is 5.34. The van der Waals surface area contributed by atoms with Crippen molar-refractivity contribution in [2.45, 2.75) is 12.8 Å². The summed E-state index contributed by atoms with van der Waals surface area (Å²) >= 11 is 5.91. The fourth-order valence-corrected chi connectivity index (χ4v) is 3.71. The molecule has 1 saturated heterocycles. The van der Waals surface area contributed by atoms with Gasteiger partial charge < -0.3 is 4.90 Å². The van der Waals surface area contributed by atoms with E-state index < -0.39 is 0 Å². The first-order valence-electron chi connectivity index (χ1n) is 9.31. The van der Waals surface area contributed by atoms with E-state index in [9.17, 15) is 9.59 Å². The number of nitrogens with zero attached hydrogens (tertiary/aromatic N) is 3. The summed E-state index contributed by atoms with van der Waals surface area (Å²) in [4.78, 5) is 27.5. The lowest BCUT2D eigenvalue weighted by Crippen LogP contribution is -2.42. The Bertz CT molecular complexity index is 966. The predicted molar refractivity (Wildman–Crippen MR) is 108 cm³/mol. The van der Waals surface area contributed by atoms with Gasteiger partial charge in [0.2, 0.25) is 0 Å². The Balaban J connectivity index is 1.46. The molecule has 0 spiro atoms. The number of ketones is 1. The molecule has 0 radical (unpaired) electrons. The largest absolute Gasteiger partial charge is 0.338 e. The third kappa shape index (κ3) is 3.85. The van der Waals surface area contributed by atoms with Crippen LogP contribution in [0, 0.1) is 5.92 Å². The lowest BCUT2D eigenvalue weighted by atomic mass is 9.89. The number of rotatable bonds is 4. The SMILES string of the molecule is O=C(c1ccc(Cl)cc1)C1CCCN(C(=O)c2ccc(-n3cccn3)cc2)C1. The van der Waals surface area contributed by atoms with E-state index in [2.05, 4.69) is 5.10 Å². The summed E-state index contributed by atoms with van der Waals surface area (Å²) in [6.45, 7) is 1.12. The van der Waals surface area contributed by atoms with E-state index in [1.165, 1.54) is 0 Å². The molecule has 2 heterocycles. The molecule has 1 aliphatic rings. The van der Waals surface area contributed by atoms with E-state index in [1.54, 1.807) is 40.0 Å². The summed E-state index contributed by atoms with van der Waals surface area (Å²) in [5.74, 6) is -0.147. The summed E-state index contributed by atoms with van der Waals surface area (Å²) in [6, 6.07) is 16.2. The van der Waals surface area contributed by atoms with Crippen LogP contribution in [0.2, 0.25) is 5.02 Å². The maximum atomic E-state index is 12.9. The second-order valence-electron chi connectivity index (χ2n) is 6.96. The van der Waals surface area contributed by atoms with Crippen molar-refractivity contribution in [1.29, 1.82) is 0 Å². The molecule has 4 rings (SSSR count). The second kappa shape index (κ2) is 7.98. The fraction of sp³-hybridized carbons (Fsp3) is 0.227. The van der Waals surface area contributed by atoms with Gasteiger partial charge in [0.25, 0.3) is 5.91 Å². The van der Waals surface area contributed by atoms with Crippen LogP contribution in [-0.2, 0) is 0 Å². The normalized spacial score (nSPS) is 16.8. The first-order chi connectivity index (χ1) is 13.6. The van der Waals surface area contributed by atoms with Gasteiger partial charge in [-0.15, -0.1) is 0 Å². The molecule has 1 aromatic heterocycles. The van der Waals surface area contributed by atoms with Crippen molar-refractivity contribution in [1.82, 2.24) is 14.7 Å². The van der Waals surface area contributed by atoms with Crippen LogP contribution in [0.15, 0.2) is 67.0 Å². The highest BCUT2D eigenvalue weighted by Crippen LogP contribution is 2.23. The van der Waals surface area contributed by atoms with Crippen molar-refractivity contribution < 1.29 is 9.59 Å². The zero-order valence-corrected chi connectivity index (χ0v) is 16.0. The number of amides is 1. The van der Waals surface area contributed by atoms with Crippen LogP contribution in [0.5, 0.6) is 0 Å². The molecule has 0 aliphatic carbocycles. The molecular formula is C22H20ClN3O2. The molecule has 142 valence electrons. The fourth-order valence-electron chi connectivity index (χ4n) is 3.59. The minimum atomic E-state index is -0.178. The van der Waals surface area contributed by atoms with Gasteiger partial charge in [0.1, 0.15) is 0 Å². The molecule has 1 aliphatic heterocycles. The van der Waals surface area contributed by atoms with E-state index in [-0.39, 0.29) is 17.6 Å². The molecule has 0 bridgehead atoms. The summed E-state index contributed by atoms with van der Waals surface area (Å²) < 4.78 is 1.75. The van der Waals surface area contributed by atoms with Gasteiger partial charge in [0.05, 0.1) is 5.69 Å². The zero-order valence-electron chi connectivity index (χ0n) is 15.3. The van der Waals surface area contributed by atoms with Gasteiger partial charge in [-0.25, -0.2) is 4.68 Å². The van der Waals surface area contributed by atoms with Gasteiger partial charge in [-0.2, -0.15) is 5.10 Å². The highest BCUT2D eigenvalue weighted by Gasteiger charge is 2.29. The molecule has 5 nitrogen and oxygen atoms in total. The van der Waals surface area contributed by atoms with Crippen LogP contribution >= 0.6 is 11.6 Å². The molecule has 2 aromatic carbocycles. The Morgan fingerprint density at radius 2 is 1.71 bits per heavy atom. The average molecular weight is 394 g/mol. The van der Waals surface area contributed by atoms with Gasteiger partial charge in [-0.05, 0) is 67.4 Å². The molecule has 1 amide bonds. The minimum Gasteiger partial charge on any atom is -0.338 e. The van der Waals surface area contributed by atoms with Crippen molar-refractivity contribution in [3.05, 3.63) is 83.1 Å². The first kappa shape index (κ1) is 18.4. The minimum absolute atomic E-state index is 0.0411. The zero-order chi connectivity index (χ0) is 19.5. The number of piperidine rings is 1. The van der Waals surface area contributed by atoms with Gasteiger partial charge >= 0.3 is 0 Å². The molecule has 3 aromatic rings. The van der Waals surface area contributed by atoms with Crippen LogP contribution in [0.3, 0.4) is 0 Å². The van der Waals surface area contributed by atoms with E-state index in [0.29, 0.717) is 29.2 Å². The van der Waals surface area contributed by atoms with Gasteiger partial charge in [0, 0.05) is 47.6 Å². The standard InChI is InChI=1S/C22H20ClN3O2/c23-19-8-4-16(5-9-19)21(27)18-3-1-13-25(15-18)22(28)17-6-10-20(11-7-17)26-14-2-12-24-26/h2,4-12,14,18H,1,3,13,15H2. The van der Waals surface area contributed by atoms with Crippen molar-refractivity contribution in [2.75, 3.05) is 13.1 Å². The van der Waals surface area contributed by atoms with Crippen molar-refractivity contribution >= 4 is 23.3 Å². The molecule has 0 N–H and O–H groups in total. The van der Waals surface area contributed by atoms with Crippen molar-refractivity contribution in [3.63, 3.8) is 0 Å². The smallest absolute Gasteiger partial charge is 0.253 e. The van der Waals surface area contributed by atoms with E-state index >= 15 is 0 Å². The van der Waals surface area contributed by atoms with E-state index in [0.717, 1.165) is 18.5 Å². The summed E-state index contributed by atoms with van der Waals surface area (Å²) in [5, 5.41) is 4.80. The number of hydrogen-bond donors (Lipinski definition) is 0. The molecule has 28 heavy (non-hydrogen) atoms. The Labute approximate surface area is 168 Å². The Kier molecular flexibility index (Phi) is 5.26. The molecule has 1 fully saturated rings. The van der Waals surface area contributed by atoms with Crippen LogP contribution in [0.1, 0.15) is 33.6 Å². The van der Waals surface area contributed by atoms with Crippen LogP contribution in [0.4, 0.5) is 0 Å². The topological polar surface area (TPSA) is 55.2 Å². The molecule has 0 saturated carbocycles. The monoisotopic (exact) mass is 393 g/mol. The number of carbonyl (C=O) groups is 2. The molecule has 6 heteroatoms. The number of Topliss-reactive ketones (excluding diaryl/α,β-unsaturated/α-hetero) is 1. The maximum Gasteiger partial charge on any atom is 0.253 e. The van der Waals surface area contributed by atoms with Gasteiger partial charge in [-0.3, -0.25) is 9.59 Å². The third-order valence-electron chi connectivity index (χ3n) is 5.09. The molecule has 1 atom stereocenters. The quantitative estimate of drug-likeness (QED) is 0.622. The van der Waals surface area contributed by atoms with E-state index in [4.69, 9.17) is 11.6 Å². The first-order valence-corrected chi connectivity index (χ1v) is 9.69. The Hall–Kier alpha value is -2.92. The highest BCUT2D eigenvalue weighted by atomic mass is 35.5. The number of likely N-dealkylation sites (tertiary alicyclic amines) is 1. The number of aromatic nitrogens is 2.